The molecule has 1 aliphatic rings. The van der Waals surface area contributed by atoms with Gasteiger partial charge in [0.15, 0.2) is 0 Å². The highest BCUT2D eigenvalue weighted by Gasteiger charge is 2.29. The van der Waals surface area contributed by atoms with Crippen molar-refractivity contribution in [2.75, 3.05) is 24.3 Å². The summed E-state index contributed by atoms with van der Waals surface area (Å²) in [5.41, 5.74) is 6.53. The lowest BCUT2D eigenvalue weighted by Gasteiger charge is -2.25. The summed E-state index contributed by atoms with van der Waals surface area (Å²) in [4.78, 5) is 20.5. The van der Waals surface area contributed by atoms with Crippen molar-refractivity contribution in [2.24, 2.45) is 0 Å². The number of benzene rings is 1. The minimum Gasteiger partial charge on any atom is -0.497 e. The minimum atomic E-state index is -0.579. The molecule has 1 fully saturated rings. The molecule has 0 aliphatic carbocycles. The number of anilines is 2. The van der Waals surface area contributed by atoms with Gasteiger partial charge in [0.2, 0.25) is 11.8 Å². The summed E-state index contributed by atoms with van der Waals surface area (Å²) >= 11 is 0. The fourth-order valence-electron chi connectivity index (χ4n) is 2.84. The van der Waals surface area contributed by atoms with Crippen LogP contribution in [0.25, 0.3) is 0 Å². The molecular formula is C15H17N5O3. The second-order valence-corrected chi connectivity index (χ2v) is 5.32. The van der Waals surface area contributed by atoms with Gasteiger partial charge in [-0.2, -0.15) is 4.98 Å². The quantitative estimate of drug-likeness (QED) is 0.681. The van der Waals surface area contributed by atoms with Crippen LogP contribution in [0.4, 0.5) is 17.5 Å². The Labute approximate surface area is 133 Å². The van der Waals surface area contributed by atoms with Crippen molar-refractivity contribution >= 4 is 17.5 Å². The van der Waals surface area contributed by atoms with E-state index in [1.807, 2.05) is 29.2 Å². The smallest absolute Gasteiger partial charge is 0.329 e. The molecular weight excluding hydrogens is 298 g/mol. The summed E-state index contributed by atoms with van der Waals surface area (Å²) in [6, 6.07) is 7.97. The predicted molar refractivity (Wildman–Crippen MR) is 85.4 cm³/mol. The zero-order valence-electron chi connectivity index (χ0n) is 12.7. The second kappa shape index (κ2) is 6.07. The lowest BCUT2D eigenvalue weighted by atomic mass is 10.0. The van der Waals surface area contributed by atoms with Crippen LogP contribution < -0.4 is 15.4 Å². The molecule has 1 atom stereocenters. The molecule has 1 saturated heterocycles. The standard InChI is InChI=1S/C15H17N5O3/c1-23-11-6-4-10(5-7-11)12-3-2-8-19(12)15-17-9-13(20(21)22)14(16)18-15/h4-7,9,12H,2-3,8H2,1H3,(H2,16,17,18)/t12-/m0/s1. The lowest BCUT2D eigenvalue weighted by Crippen LogP contribution is -2.25. The molecule has 2 heterocycles. The Morgan fingerprint density at radius 3 is 2.74 bits per heavy atom. The second-order valence-electron chi connectivity index (χ2n) is 5.32. The highest BCUT2D eigenvalue weighted by atomic mass is 16.6. The summed E-state index contributed by atoms with van der Waals surface area (Å²) in [5.74, 6) is 1.11. The molecule has 0 amide bonds. The Balaban J connectivity index is 1.89. The van der Waals surface area contributed by atoms with E-state index < -0.39 is 4.92 Å². The summed E-state index contributed by atoms with van der Waals surface area (Å²) in [6.45, 7) is 0.786. The summed E-state index contributed by atoms with van der Waals surface area (Å²) in [6.07, 6.45) is 3.13. The first kappa shape index (κ1) is 15.0. The number of nitrogen functional groups attached to an aromatic ring is 1. The fraction of sp³-hybridized carbons (Fsp3) is 0.333. The maximum atomic E-state index is 10.8. The largest absolute Gasteiger partial charge is 0.497 e. The third-order valence-electron chi connectivity index (χ3n) is 3.99. The van der Waals surface area contributed by atoms with Gasteiger partial charge in [-0.1, -0.05) is 12.1 Å². The predicted octanol–water partition coefficient (Wildman–Crippen LogP) is 2.32. The minimum absolute atomic E-state index is 0.111. The van der Waals surface area contributed by atoms with Crippen LogP contribution >= 0.6 is 0 Å². The van der Waals surface area contributed by atoms with E-state index in [0.717, 1.165) is 30.7 Å². The van der Waals surface area contributed by atoms with E-state index in [9.17, 15) is 10.1 Å². The molecule has 2 N–H and O–H groups in total. The number of hydrogen-bond donors (Lipinski definition) is 1. The Hall–Kier alpha value is -2.90. The third kappa shape index (κ3) is 2.87. The van der Waals surface area contributed by atoms with Crippen molar-refractivity contribution < 1.29 is 9.66 Å². The van der Waals surface area contributed by atoms with E-state index in [2.05, 4.69) is 9.97 Å². The first-order chi connectivity index (χ1) is 11.1. The monoisotopic (exact) mass is 315 g/mol. The van der Waals surface area contributed by atoms with Gasteiger partial charge in [-0.15, -0.1) is 0 Å². The zero-order chi connectivity index (χ0) is 16.4. The van der Waals surface area contributed by atoms with Gasteiger partial charge in [-0.05, 0) is 30.5 Å². The van der Waals surface area contributed by atoms with Crippen LogP contribution in [0.2, 0.25) is 0 Å². The normalized spacial score (nSPS) is 17.3. The van der Waals surface area contributed by atoms with Crippen molar-refractivity contribution in [2.45, 2.75) is 18.9 Å². The van der Waals surface area contributed by atoms with Crippen molar-refractivity contribution in [3.8, 4) is 5.75 Å². The SMILES string of the molecule is COc1ccc([C@@H]2CCCN2c2ncc([N+](=O)[O-])c(N)n2)cc1. The average Bonchev–Trinajstić information content (AvgIpc) is 3.04. The highest BCUT2D eigenvalue weighted by molar-refractivity contribution is 5.54. The van der Waals surface area contributed by atoms with Crippen LogP contribution in [0.5, 0.6) is 5.75 Å². The van der Waals surface area contributed by atoms with Crippen LogP contribution in [0.15, 0.2) is 30.5 Å². The molecule has 2 aromatic rings. The van der Waals surface area contributed by atoms with E-state index in [0.29, 0.717) is 5.95 Å². The molecule has 120 valence electrons. The van der Waals surface area contributed by atoms with E-state index in [1.54, 1.807) is 7.11 Å². The van der Waals surface area contributed by atoms with E-state index in [-0.39, 0.29) is 17.5 Å². The van der Waals surface area contributed by atoms with Gasteiger partial charge in [-0.25, -0.2) is 4.98 Å². The fourth-order valence-corrected chi connectivity index (χ4v) is 2.84. The molecule has 1 aromatic heterocycles. The molecule has 0 spiro atoms. The molecule has 23 heavy (non-hydrogen) atoms. The zero-order valence-corrected chi connectivity index (χ0v) is 12.7. The van der Waals surface area contributed by atoms with Crippen molar-refractivity contribution in [3.05, 3.63) is 46.1 Å². The van der Waals surface area contributed by atoms with Gasteiger partial charge < -0.3 is 15.4 Å². The number of nitrogens with two attached hydrogens (primary N) is 1. The number of ether oxygens (including phenoxy) is 1. The molecule has 8 heteroatoms. The van der Waals surface area contributed by atoms with Crippen LogP contribution in [-0.2, 0) is 0 Å². The molecule has 1 aliphatic heterocycles. The Morgan fingerprint density at radius 1 is 1.39 bits per heavy atom. The maximum absolute atomic E-state index is 10.8. The summed E-state index contributed by atoms with van der Waals surface area (Å²) in [5, 5.41) is 10.8. The Bertz CT molecular complexity index is 720. The first-order valence-corrected chi connectivity index (χ1v) is 7.27. The molecule has 0 saturated carbocycles. The number of nitro groups is 1. The first-order valence-electron chi connectivity index (χ1n) is 7.27. The number of hydrogen-bond acceptors (Lipinski definition) is 7. The summed E-state index contributed by atoms with van der Waals surface area (Å²) in [7, 11) is 1.63. The van der Waals surface area contributed by atoms with Gasteiger partial charge in [0.25, 0.3) is 0 Å². The molecule has 0 bridgehead atoms. The number of rotatable bonds is 4. The van der Waals surface area contributed by atoms with Crippen molar-refractivity contribution in [1.82, 2.24) is 9.97 Å². The average molecular weight is 315 g/mol. The van der Waals surface area contributed by atoms with Crippen LogP contribution in [-0.4, -0.2) is 28.5 Å². The van der Waals surface area contributed by atoms with Gasteiger partial charge in [0.05, 0.1) is 18.1 Å². The number of nitrogens with zero attached hydrogens (tertiary/aromatic N) is 4. The van der Waals surface area contributed by atoms with Crippen LogP contribution in [0, 0.1) is 10.1 Å². The molecule has 0 radical (unpaired) electrons. The van der Waals surface area contributed by atoms with E-state index >= 15 is 0 Å². The van der Waals surface area contributed by atoms with Crippen molar-refractivity contribution in [1.29, 1.82) is 0 Å². The van der Waals surface area contributed by atoms with Crippen molar-refractivity contribution in [3.63, 3.8) is 0 Å². The van der Waals surface area contributed by atoms with Gasteiger partial charge in [0, 0.05) is 6.54 Å². The van der Waals surface area contributed by atoms with Gasteiger partial charge >= 0.3 is 5.69 Å². The van der Waals surface area contributed by atoms with Crippen LogP contribution in [0.1, 0.15) is 24.4 Å². The lowest BCUT2D eigenvalue weighted by molar-refractivity contribution is -0.384. The topological polar surface area (TPSA) is 107 Å². The molecule has 3 rings (SSSR count). The number of methoxy groups -OCH3 is 1. The summed E-state index contributed by atoms with van der Waals surface area (Å²) < 4.78 is 5.18. The molecule has 1 aromatic carbocycles. The van der Waals surface area contributed by atoms with Gasteiger partial charge in [-0.3, -0.25) is 10.1 Å². The number of aromatic nitrogens is 2. The highest BCUT2D eigenvalue weighted by Crippen LogP contribution is 2.35. The van der Waals surface area contributed by atoms with E-state index in [4.69, 9.17) is 10.5 Å². The third-order valence-corrected chi connectivity index (χ3v) is 3.99. The maximum Gasteiger partial charge on any atom is 0.329 e. The van der Waals surface area contributed by atoms with Gasteiger partial charge in [0.1, 0.15) is 11.9 Å². The van der Waals surface area contributed by atoms with Crippen LogP contribution in [0.3, 0.4) is 0 Å². The molecule has 0 unspecified atom stereocenters. The van der Waals surface area contributed by atoms with E-state index in [1.165, 1.54) is 6.20 Å². The Morgan fingerprint density at radius 2 is 2.13 bits per heavy atom. The Kier molecular flexibility index (Phi) is 3.96. The molecule has 8 nitrogen and oxygen atoms in total.